The number of guanidine groups is 1. The van der Waals surface area contributed by atoms with Crippen molar-refractivity contribution in [1.82, 2.24) is 5.48 Å². The van der Waals surface area contributed by atoms with Gasteiger partial charge in [0.2, 0.25) is 5.96 Å². The maximum Gasteiger partial charge on any atom is 0.218 e. The minimum atomic E-state index is 0.185. The molecule has 1 aromatic carbocycles. The van der Waals surface area contributed by atoms with Crippen LogP contribution in [0.15, 0.2) is 29.3 Å². The van der Waals surface area contributed by atoms with Gasteiger partial charge in [-0.25, -0.2) is 10.5 Å². The van der Waals surface area contributed by atoms with Crippen LogP contribution in [0.2, 0.25) is 5.02 Å². The van der Waals surface area contributed by atoms with Gasteiger partial charge in [0.25, 0.3) is 0 Å². The number of aliphatic imine (C=N–C) groups is 1. The number of nitrogens with one attached hydrogen (secondary N) is 1. The lowest BCUT2D eigenvalue weighted by Gasteiger charge is -2.00. The van der Waals surface area contributed by atoms with E-state index in [4.69, 9.17) is 17.3 Å². The van der Waals surface area contributed by atoms with Crippen LogP contribution >= 0.6 is 11.6 Å². The van der Waals surface area contributed by atoms with Gasteiger partial charge in [-0.05, 0) is 18.2 Å². The van der Waals surface area contributed by atoms with Crippen molar-refractivity contribution in [3.63, 3.8) is 0 Å². The molecule has 0 heterocycles. The third-order valence-corrected chi connectivity index (χ3v) is 1.50. The van der Waals surface area contributed by atoms with Gasteiger partial charge < -0.3 is 5.73 Å². The van der Waals surface area contributed by atoms with Crippen LogP contribution in [-0.2, 0) is 4.84 Å². The number of nitrogens with two attached hydrogens (primary N) is 1. The summed E-state index contributed by atoms with van der Waals surface area (Å²) in [5.74, 6) is 0.185. The average molecular weight is 200 g/mol. The molecule has 1 rings (SSSR count). The Kier molecular flexibility index (Phi) is 3.54. The van der Waals surface area contributed by atoms with E-state index < -0.39 is 0 Å². The summed E-state index contributed by atoms with van der Waals surface area (Å²) in [6, 6.07) is 7.05. The van der Waals surface area contributed by atoms with Crippen molar-refractivity contribution >= 4 is 23.2 Å². The van der Waals surface area contributed by atoms with Gasteiger partial charge in [0.15, 0.2) is 0 Å². The lowest BCUT2D eigenvalue weighted by molar-refractivity contribution is 0.143. The SMILES string of the molecule is CONC(N)=Nc1cccc(Cl)c1. The van der Waals surface area contributed by atoms with Crippen molar-refractivity contribution < 1.29 is 4.84 Å². The molecule has 0 atom stereocenters. The molecule has 1 aromatic rings. The van der Waals surface area contributed by atoms with Gasteiger partial charge in [0, 0.05) is 5.02 Å². The molecule has 0 saturated carbocycles. The number of hydroxylamine groups is 1. The molecule has 0 fully saturated rings. The van der Waals surface area contributed by atoms with E-state index in [1.165, 1.54) is 7.11 Å². The molecule has 4 nitrogen and oxygen atoms in total. The van der Waals surface area contributed by atoms with Crippen LogP contribution in [0.3, 0.4) is 0 Å². The molecule has 70 valence electrons. The standard InChI is InChI=1S/C8H10ClN3O/c1-13-12-8(10)11-7-4-2-3-6(9)5-7/h2-5H,1H3,(H3,10,11,12). The van der Waals surface area contributed by atoms with Crippen LogP contribution in [0.25, 0.3) is 0 Å². The van der Waals surface area contributed by atoms with E-state index in [1.54, 1.807) is 24.3 Å². The molecule has 5 heteroatoms. The second-order valence-electron chi connectivity index (χ2n) is 2.28. The summed E-state index contributed by atoms with van der Waals surface area (Å²) in [6.45, 7) is 0. The third kappa shape index (κ3) is 3.31. The molecular weight excluding hydrogens is 190 g/mol. The van der Waals surface area contributed by atoms with Crippen molar-refractivity contribution in [1.29, 1.82) is 0 Å². The molecule has 0 aromatic heterocycles. The van der Waals surface area contributed by atoms with E-state index in [0.717, 1.165) is 0 Å². The highest BCUT2D eigenvalue weighted by molar-refractivity contribution is 6.30. The fourth-order valence-electron chi connectivity index (χ4n) is 0.812. The van der Waals surface area contributed by atoms with Gasteiger partial charge in [0.1, 0.15) is 0 Å². The number of nitrogens with zero attached hydrogens (tertiary/aromatic N) is 1. The second-order valence-corrected chi connectivity index (χ2v) is 2.72. The first kappa shape index (κ1) is 9.83. The molecule has 0 aliphatic rings. The molecule has 0 aliphatic carbocycles. The highest BCUT2D eigenvalue weighted by atomic mass is 35.5. The first-order chi connectivity index (χ1) is 6.22. The molecule has 0 bridgehead atoms. The van der Waals surface area contributed by atoms with Gasteiger partial charge >= 0.3 is 0 Å². The molecule has 0 aliphatic heterocycles. The van der Waals surface area contributed by atoms with Crippen LogP contribution in [0.1, 0.15) is 0 Å². The highest BCUT2D eigenvalue weighted by Gasteiger charge is 1.93. The van der Waals surface area contributed by atoms with E-state index in [0.29, 0.717) is 10.7 Å². The number of benzene rings is 1. The molecular formula is C8H10ClN3O. The first-order valence-corrected chi connectivity index (χ1v) is 3.99. The Labute approximate surface area is 81.3 Å². The van der Waals surface area contributed by atoms with E-state index in [2.05, 4.69) is 15.3 Å². The number of hydrogen-bond donors (Lipinski definition) is 2. The maximum absolute atomic E-state index is 5.74. The van der Waals surface area contributed by atoms with E-state index in [1.807, 2.05) is 0 Å². The molecule has 0 radical (unpaired) electrons. The smallest absolute Gasteiger partial charge is 0.218 e. The fourth-order valence-corrected chi connectivity index (χ4v) is 0.997. The summed E-state index contributed by atoms with van der Waals surface area (Å²) >= 11 is 5.74. The minimum absolute atomic E-state index is 0.185. The van der Waals surface area contributed by atoms with Crippen molar-refractivity contribution in [2.45, 2.75) is 0 Å². The summed E-state index contributed by atoms with van der Waals surface area (Å²) in [5.41, 5.74) is 8.51. The molecule has 0 amide bonds. The lowest BCUT2D eigenvalue weighted by Crippen LogP contribution is -2.29. The topological polar surface area (TPSA) is 59.6 Å². The molecule has 0 saturated heterocycles. The quantitative estimate of drug-likeness (QED) is 0.431. The number of halogens is 1. The largest absolute Gasteiger partial charge is 0.368 e. The minimum Gasteiger partial charge on any atom is -0.368 e. The zero-order chi connectivity index (χ0) is 9.68. The molecule has 0 unspecified atom stereocenters. The Bertz CT molecular complexity index is 314. The van der Waals surface area contributed by atoms with Crippen LogP contribution < -0.4 is 11.2 Å². The molecule has 0 spiro atoms. The monoisotopic (exact) mass is 199 g/mol. The second kappa shape index (κ2) is 4.69. The van der Waals surface area contributed by atoms with Crippen LogP contribution in [0.4, 0.5) is 5.69 Å². The van der Waals surface area contributed by atoms with E-state index in [9.17, 15) is 0 Å². The Morgan fingerprint density at radius 1 is 1.62 bits per heavy atom. The van der Waals surface area contributed by atoms with Crippen LogP contribution in [-0.4, -0.2) is 13.1 Å². The Morgan fingerprint density at radius 2 is 2.38 bits per heavy atom. The van der Waals surface area contributed by atoms with E-state index >= 15 is 0 Å². The fraction of sp³-hybridized carbons (Fsp3) is 0.125. The van der Waals surface area contributed by atoms with Gasteiger partial charge in [0.05, 0.1) is 12.8 Å². The van der Waals surface area contributed by atoms with Crippen molar-refractivity contribution in [2.75, 3.05) is 7.11 Å². The Morgan fingerprint density at radius 3 is 3.00 bits per heavy atom. The Balaban J connectivity index is 2.78. The number of hydrogen-bond acceptors (Lipinski definition) is 2. The van der Waals surface area contributed by atoms with Gasteiger partial charge in [-0.3, -0.25) is 4.84 Å². The van der Waals surface area contributed by atoms with Gasteiger partial charge in [-0.2, -0.15) is 0 Å². The average Bonchev–Trinajstić information content (AvgIpc) is 2.04. The van der Waals surface area contributed by atoms with Crippen molar-refractivity contribution in [3.8, 4) is 0 Å². The maximum atomic E-state index is 5.74. The van der Waals surface area contributed by atoms with Crippen LogP contribution in [0, 0.1) is 0 Å². The van der Waals surface area contributed by atoms with Crippen molar-refractivity contribution in [3.05, 3.63) is 29.3 Å². The predicted octanol–water partition coefficient (Wildman–Crippen LogP) is 1.44. The summed E-state index contributed by atoms with van der Waals surface area (Å²) in [7, 11) is 1.46. The summed E-state index contributed by atoms with van der Waals surface area (Å²) in [6.07, 6.45) is 0. The van der Waals surface area contributed by atoms with Gasteiger partial charge in [-0.15, -0.1) is 0 Å². The normalized spacial score (nSPS) is 11.4. The molecule has 13 heavy (non-hydrogen) atoms. The third-order valence-electron chi connectivity index (χ3n) is 1.26. The van der Waals surface area contributed by atoms with Crippen LogP contribution in [0.5, 0.6) is 0 Å². The van der Waals surface area contributed by atoms with Gasteiger partial charge in [-0.1, -0.05) is 17.7 Å². The predicted molar refractivity (Wildman–Crippen MR) is 52.9 cm³/mol. The number of rotatable bonds is 2. The summed E-state index contributed by atoms with van der Waals surface area (Å²) in [4.78, 5) is 8.55. The summed E-state index contributed by atoms with van der Waals surface area (Å²) in [5, 5.41) is 0.617. The summed E-state index contributed by atoms with van der Waals surface area (Å²) < 4.78 is 0. The highest BCUT2D eigenvalue weighted by Crippen LogP contribution is 2.17. The first-order valence-electron chi connectivity index (χ1n) is 3.61. The zero-order valence-electron chi connectivity index (χ0n) is 7.12. The van der Waals surface area contributed by atoms with E-state index in [-0.39, 0.29) is 5.96 Å². The Hall–Kier alpha value is -1.26. The lowest BCUT2D eigenvalue weighted by atomic mass is 10.3. The van der Waals surface area contributed by atoms with Crippen molar-refractivity contribution in [2.24, 2.45) is 10.7 Å². The zero-order valence-corrected chi connectivity index (χ0v) is 7.88. The molecule has 3 N–H and O–H groups in total.